The predicted molar refractivity (Wildman–Crippen MR) is 219 cm³/mol. The van der Waals surface area contributed by atoms with Gasteiger partial charge in [0.1, 0.15) is 22.3 Å². The monoisotopic (exact) mass is 691 g/mol. The van der Waals surface area contributed by atoms with Gasteiger partial charge < -0.3 is 8.83 Å². The lowest BCUT2D eigenvalue weighted by molar-refractivity contribution is 0.669. The van der Waals surface area contributed by atoms with Gasteiger partial charge in [-0.2, -0.15) is 0 Å². The van der Waals surface area contributed by atoms with Gasteiger partial charge in [-0.3, -0.25) is 0 Å². The van der Waals surface area contributed by atoms with Crippen LogP contribution in [-0.2, 0) is 0 Å². The molecule has 0 aliphatic carbocycles. The van der Waals surface area contributed by atoms with Gasteiger partial charge in [-0.05, 0) is 57.8 Å². The smallest absolute Gasteiger partial charge is 0.164 e. The molecular formula is C49H29N3O2. The molecule has 11 aromatic rings. The molecule has 0 spiro atoms. The van der Waals surface area contributed by atoms with Crippen molar-refractivity contribution in [1.82, 2.24) is 15.0 Å². The van der Waals surface area contributed by atoms with Crippen LogP contribution < -0.4 is 0 Å². The summed E-state index contributed by atoms with van der Waals surface area (Å²) in [6.45, 7) is 0. The number of nitrogens with zero attached hydrogens (tertiary/aromatic N) is 3. The summed E-state index contributed by atoms with van der Waals surface area (Å²) in [7, 11) is 0. The number of benzene rings is 8. The molecular weight excluding hydrogens is 663 g/mol. The minimum atomic E-state index is 0.572. The van der Waals surface area contributed by atoms with Gasteiger partial charge in [0.05, 0.1) is 0 Å². The van der Waals surface area contributed by atoms with Crippen molar-refractivity contribution in [3.63, 3.8) is 0 Å². The topological polar surface area (TPSA) is 65.0 Å². The molecule has 3 heterocycles. The highest BCUT2D eigenvalue weighted by molar-refractivity contribution is 6.16. The van der Waals surface area contributed by atoms with E-state index in [0.29, 0.717) is 17.5 Å². The highest BCUT2D eigenvalue weighted by Gasteiger charge is 2.21. The molecule has 5 heteroatoms. The summed E-state index contributed by atoms with van der Waals surface area (Å²) < 4.78 is 13.0. The van der Waals surface area contributed by atoms with Crippen LogP contribution in [0.1, 0.15) is 0 Å². The minimum Gasteiger partial charge on any atom is -0.456 e. The fourth-order valence-electron chi connectivity index (χ4n) is 7.78. The molecule has 0 unspecified atom stereocenters. The highest BCUT2D eigenvalue weighted by Crippen LogP contribution is 2.43. The molecule has 0 aliphatic rings. The molecule has 0 bridgehead atoms. The number of hydrogen-bond acceptors (Lipinski definition) is 5. The molecule has 0 fully saturated rings. The molecule has 0 atom stereocenters. The van der Waals surface area contributed by atoms with Gasteiger partial charge in [0.15, 0.2) is 17.5 Å². The van der Waals surface area contributed by atoms with E-state index in [1.54, 1.807) is 0 Å². The molecule has 0 saturated carbocycles. The van der Waals surface area contributed by atoms with Crippen molar-refractivity contribution in [3.05, 3.63) is 176 Å². The second-order valence-electron chi connectivity index (χ2n) is 13.6. The molecule has 0 N–H and O–H groups in total. The quantitative estimate of drug-likeness (QED) is 0.180. The Hall–Kier alpha value is -7.37. The SMILES string of the molecule is c1ccc(-c2nc(-c3ccc4c(c3)oc3ccccc34)nc(-c3ccccc3-c3cccc4oc5c(-c6ccc7ccccc7c6)cccc5c34)n2)cc1. The summed E-state index contributed by atoms with van der Waals surface area (Å²) in [4.78, 5) is 15.3. The number of fused-ring (bicyclic) bond motifs is 7. The summed E-state index contributed by atoms with van der Waals surface area (Å²) in [5, 5.41) is 6.66. The van der Waals surface area contributed by atoms with Crippen LogP contribution in [0.25, 0.3) is 111 Å². The predicted octanol–water partition coefficient (Wildman–Crippen LogP) is 13.2. The first-order valence-corrected chi connectivity index (χ1v) is 18.0. The van der Waals surface area contributed by atoms with Gasteiger partial charge in [0.25, 0.3) is 0 Å². The number of rotatable bonds is 5. The van der Waals surface area contributed by atoms with Crippen LogP contribution in [0.5, 0.6) is 0 Å². The standard InChI is InChI=1S/C49H29N3O2/c1-2-13-31(14-3-1)47-50-48(34-26-27-38-37-17-8-9-22-42(37)53-44(38)29-34)52-49(51-47)40-18-7-6-16-36(40)39-20-11-23-43-45(39)41-21-10-19-35(46(41)54-43)33-25-24-30-12-4-5-15-32(30)28-33/h1-29H. The van der Waals surface area contributed by atoms with E-state index in [0.717, 1.165) is 82.8 Å². The first-order chi connectivity index (χ1) is 26.7. The summed E-state index contributed by atoms with van der Waals surface area (Å²) >= 11 is 0. The second-order valence-corrected chi connectivity index (χ2v) is 13.6. The molecule has 0 aliphatic heterocycles. The third-order valence-electron chi connectivity index (χ3n) is 10.3. The highest BCUT2D eigenvalue weighted by atomic mass is 16.3. The Labute approximate surface area is 309 Å². The molecule has 5 nitrogen and oxygen atoms in total. The van der Waals surface area contributed by atoms with E-state index in [1.165, 1.54) is 10.8 Å². The van der Waals surface area contributed by atoms with Crippen molar-refractivity contribution in [3.8, 4) is 56.4 Å². The lowest BCUT2D eigenvalue weighted by Crippen LogP contribution is -2.01. The normalized spacial score (nSPS) is 11.7. The number of para-hydroxylation sites is 2. The Kier molecular flexibility index (Phi) is 6.79. The molecule has 11 rings (SSSR count). The average molecular weight is 692 g/mol. The van der Waals surface area contributed by atoms with Crippen molar-refractivity contribution in [2.75, 3.05) is 0 Å². The third kappa shape index (κ3) is 4.90. The maximum absolute atomic E-state index is 6.72. The Bertz CT molecular complexity index is 3230. The van der Waals surface area contributed by atoms with Crippen LogP contribution in [0, 0.1) is 0 Å². The summed E-state index contributed by atoms with van der Waals surface area (Å²) in [5.41, 5.74) is 10.2. The Morgan fingerprint density at radius 3 is 1.85 bits per heavy atom. The number of hydrogen-bond donors (Lipinski definition) is 0. The number of aromatic nitrogens is 3. The van der Waals surface area contributed by atoms with E-state index < -0.39 is 0 Å². The largest absolute Gasteiger partial charge is 0.456 e. The fraction of sp³-hybridized carbons (Fsp3) is 0. The van der Waals surface area contributed by atoms with Crippen molar-refractivity contribution >= 4 is 54.6 Å². The first-order valence-electron chi connectivity index (χ1n) is 18.0. The van der Waals surface area contributed by atoms with Gasteiger partial charge in [0.2, 0.25) is 0 Å². The maximum atomic E-state index is 6.72. The molecule has 54 heavy (non-hydrogen) atoms. The van der Waals surface area contributed by atoms with Gasteiger partial charge in [-0.25, -0.2) is 15.0 Å². The molecule has 0 radical (unpaired) electrons. The summed E-state index contributed by atoms with van der Waals surface area (Å²) in [5.74, 6) is 1.76. The van der Waals surface area contributed by atoms with Crippen LogP contribution in [0.2, 0.25) is 0 Å². The van der Waals surface area contributed by atoms with E-state index in [9.17, 15) is 0 Å². The van der Waals surface area contributed by atoms with E-state index in [4.69, 9.17) is 23.8 Å². The number of furan rings is 2. The van der Waals surface area contributed by atoms with Gasteiger partial charge >= 0.3 is 0 Å². The zero-order chi connectivity index (χ0) is 35.6. The Morgan fingerprint density at radius 2 is 0.944 bits per heavy atom. The van der Waals surface area contributed by atoms with Crippen LogP contribution in [-0.4, -0.2) is 15.0 Å². The lowest BCUT2D eigenvalue weighted by Gasteiger charge is -2.13. The van der Waals surface area contributed by atoms with Crippen molar-refractivity contribution in [2.45, 2.75) is 0 Å². The summed E-state index contributed by atoms with van der Waals surface area (Å²) in [6, 6.07) is 60.4. The van der Waals surface area contributed by atoms with Crippen molar-refractivity contribution < 1.29 is 8.83 Å². The van der Waals surface area contributed by atoms with Gasteiger partial charge in [-0.1, -0.05) is 146 Å². The van der Waals surface area contributed by atoms with Crippen LogP contribution in [0.15, 0.2) is 185 Å². The molecule has 0 saturated heterocycles. The Morgan fingerprint density at radius 1 is 0.315 bits per heavy atom. The van der Waals surface area contributed by atoms with Gasteiger partial charge in [0, 0.05) is 43.8 Å². The maximum Gasteiger partial charge on any atom is 0.164 e. The zero-order valence-electron chi connectivity index (χ0n) is 28.9. The molecule has 8 aromatic carbocycles. The third-order valence-corrected chi connectivity index (χ3v) is 10.3. The van der Waals surface area contributed by atoms with Crippen LogP contribution in [0.4, 0.5) is 0 Å². The molecule has 3 aromatic heterocycles. The molecule has 0 amide bonds. The average Bonchev–Trinajstić information content (AvgIpc) is 3.82. The van der Waals surface area contributed by atoms with E-state index >= 15 is 0 Å². The first kappa shape index (κ1) is 30.3. The van der Waals surface area contributed by atoms with Gasteiger partial charge in [-0.15, -0.1) is 0 Å². The van der Waals surface area contributed by atoms with E-state index in [-0.39, 0.29) is 0 Å². The minimum absolute atomic E-state index is 0.572. The lowest BCUT2D eigenvalue weighted by atomic mass is 9.94. The van der Waals surface area contributed by atoms with E-state index in [2.05, 4.69) is 109 Å². The van der Waals surface area contributed by atoms with Crippen LogP contribution in [0.3, 0.4) is 0 Å². The Balaban J connectivity index is 1.10. The zero-order valence-corrected chi connectivity index (χ0v) is 28.9. The van der Waals surface area contributed by atoms with Crippen molar-refractivity contribution in [1.29, 1.82) is 0 Å². The summed E-state index contributed by atoms with van der Waals surface area (Å²) in [6.07, 6.45) is 0. The van der Waals surface area contributed by atoms with Crippen molar-refractivity contribution in [2.24, 2.45) is 0 Å². The fourth-order valence-corrected chi connectivity index (χ4v) is 7.78. The van der Waals surface area contributed by atoms with Crippen LogP contribution >= 0.6 is 0 Å². The second kappa shape index (κ2) is 12.1. The van der Waals surface area contributed by atoms with E-state index in [1.807, 2.05) is 66.7 Å². The molecule has 252 valence electrons.